The lowest BCUT2D eigenvalue weighted by atomic mass is 9.90. The zero-order chi connectivity index (χ0) is 21.1. The lowest BCUT2D eigenvalue weighted by molar-refractivity contribution is -0.139. The molecule has 1 atom stereocenters. The van der Waals surface area contributed by atoms with E-state index in [9.17, 15) is 9.59 Å². The molecule has 1 aliphatic carbocycles. The van der Waals surface area contributed by atoms with Gasteiger partial charge in [0.1, 0.15) is 11.5 Å². The highest BCUT2D eigenvalue weighted by Gasteiger charge is 2.24. The molecule has 0 bridgehead atoms. The van der Waals surface area contributed by atoms with Crippen LogP contribution < -0.4 is 9.47 Å². The van der Waals surface area contributed by atoms with E-state index in [0.29, 0.717) is 22.4 Å². The molecule has 0 saturated heterocycles. The third-order valence-corrected chi connectivity index (χ3v) is 5.44. The molecule has 3 aromatic carbocycles. The SMILES string of the molecule is CC1=CCCC(C(=O)Oc2cccc3cccc(OC(=O)c4ccc(C)cc4)c23)C1. The summed E-state index contributed by atoms with van der Waals surface area (Å²) in [6.45, 7) is 4.00. The number of hydrogen-bond acceptors (Lipinski definition) is 4. The number of aryl methyl sites for hydroxylation is 1. The summed E-state index contributed by atoms with van der Waals surface area (Å²) in [6, 6.07) is 18.1. The predicted octanol–water partition coefficient (Wildman–Crippen LogP) is 6.02. The molecule has 4 heteroatoms. The highest BCUT2D eigenvalue weighted by molar-refractivity contribution is 5.99. The Balaban J connectivity index is 1.63. The number of fused-ring (bicyclic) bond motifs is 1. The van der Waals surface area contributed by atoms with Crippen molar-refractivity contribution in [3.8, 4) is 11.5 Å². The molecule has 0 aliphatic heterocycles. The maximum absolute atomic E-state index is 12.8. The molecule has 4 rings (SSSR count). The Bertz CT molecular complexity index is 1120. The molecule has 0 aromatic heterocycles. The van der Waals surface area contributed by atoms with Gasteiger partial charge in [-0.2, -0.15) is 0 Å². The summed E-state index contributed by atoms with van der Waals surface area (Å²) in [6.07, 6.45) is 4.57. The second-order valence-corrected chi connectivity index (χ2v) is 7.82. The van der Waals surface area contributed by atoms with Crippen molar-refractivity contribution in [3.05, 3.63) is 83.4 Å². The largest absolute Gasteiger partial charge is 0.426 e. The molecule has 0 N–H and O–H groups in total. The fraction of sp³-hybridized carbons (Fsp3) is 0.231. The Hall–Kier alpha value is -3.40. The predicted molar refractivity (Wildman–Crippen MR) is 117 cm³/mol. The molecule has 4 nitrogen and oxygen atoms in total. The van der Waals surface area contributed by atoms with Crippen LogP contribution >= 0.6 is 0 Å². The normalized spacial score (nSPS) is 16.1. The first-order chi connectivity index (χ1) is 14.5. The first kappa shape index (κ1) is 19.9. The molecule has 1 aliphatic rings. The highest BCUT2D eigenvalue weighted by atomic mass is 16.5. The number of benzene rings is 3. The summed E-state index contributed by atoms with van der Waals surface area (Å²) in [7, 11) is 0. The monoisotopic (exact) mass is 400 g/mol. The van der Waals surface area contributed by atoms with Gasteiger partial charge in [0.2, 0.25) is 0 Å². The molecule has 1 unspecified atom stereocenters. The van der Waals surface area contributed by atoms with Crippen molar-refractivity contribution < 1.29 is 19.1 Å². The van der Waals surface area contributed by atoms with E-state index in [0.717, 1.165) is 30.2 Å². The number of rotatable bonds is 4. The summed E-state index contributed by atoms with van der Waals surface area (Å²) in [5.74, 6) is -0.0444. The zero-order valence-electron chi connectivity index (χ0n) is 17.2. The minimum atomic E-state index is -0.448. The van der Waals surface area contributed by atoms with Gasteiger partial charge in [-0.3, -0.25) is 4.79 Å². The summed E-state index contributed by atoms with van der Waals surface area (Å²) < 4.78 is 11.5. The first-order valence-electron chi connectivity index (χ1n) is 10.2. The van der Waals surface area contributed by atoms with E-state index in [1.54, 1.807) is 24.3 Å². The van der Waals surface area contributed by atoms with Gasteiger partial charge < -0.3 is 9.47 Å². The Morgan fingerprint density at radius 2 is 1.53 bits per heavy atom. The number of carbonyl (C=O) groups excluding carboxylic acids is 2. The molecule has 30 heavy (non-hydrogen) atoms. The molecule has 152 valence electrons. The Morgan fingerprint density at radius 1 is 0.867 bits per heavy atom. The van der Waals surface area contributed by atoms with Gasteiger partial charge in [-0.1, -0.05) is 53.6 Å². The average molecular weight is 400 g/mol. The molecule has 0 radical (unpaired) electrons. The molecule has 0 fully saturated rings. The van der Waals surface area contributed by atoms with Crippen molar-refractivity contribution in [2.45, 2.75) is 33.1 Å². The summed E-state index contributed by atoms with van der Waals surface area (Å²) in [5.41, 5.74) is 2.75. The molecular formula is C26H24O4. The van der Waals surface area contributed by atoms with Gasteiger partial charge in [0.15, 0.2) is 0 Å². The minimum absolute atomic E-state index is 0.146. The van der Waals surface area contributed by atoms with Gasteiger partial charge in [0.25, 0.3) is 0 Å². The summed E-state index contributed by atoms with van der Waals surface area (Å²) in [5, 5.41) is 1.46. The number of hydrogen-bond donors (Lipinski definition) is 0. The fourth-order valence-corrected chi connectivity index (χ4v) is 3.79. The Kier molecular flexibility index (Phi) is 5.66. The highest BCUT2D eigenvalue weighted by Crippen LogP contribution is 2.36. The Labute approximate surface area is 176 Å². The van der Waals surface area contributed by atoms with Crippen LogP contribution in [0.3, 0.4) is 0 Å². The van der Waals surface area contributed by atoms with E-state index < -0.39 is 5.97 Å². The second kappa shape index (κ2) is 8.54. The Morgan fingerprint density at radius 3 is 2.20 bits per heavy atom. The fourth-order valence-electron chi connectivity index (χ4n) is 3.79. The van der Waals surface area contributed by atoms with Crippen molar-refractivity contribution in [3.63, 3.8) is 0 Å². The number of ether oxygens (including phenoxy) is 2. The van der Waals surface area contributed by atoms with Crippen LogP contribution in [0.1, 0.15) is 42.1 Å². The molecule has 3 aromatic rings. The van der Waals surface area contributed by atoms with E-state index in [1.807, 2.05) is 50.2 Å². The third kappa shape index (κ3) is 4.28. The quantitative estimate of drug-likeness (QED) is 0.305. The van der Waals surface area contributed by atoms with Crippen LogP contribution in [-0.2, 0) is 4.79 Å². The summed E-state index contributed by atoms with van der Waals surface area (Å²) in [4.78, 5) is 25.4. The van der Waals surface area contributed by atoms with E-state index >= 15 is 0 Å². The van der Waals surface area contributed by atoms with Crippen molar-refractivity contribution in [2.75, 3.05) is 0 Å². The van der Waals surface area contributed by atoms with Gasteiger partial charge in [-0.05, 0) is 62.8 Å². The van der Waals surface area contributed by atoms with Crippen LogP contribution in [0, 0.1) is 12.8 Å². The van der Waals surface area contributed by atoms with E-state index in [4.69, 9.17) is 9.47 Å². The van der Waals surface area contributed by atoms with Crippen molar-refractivity contribution >= 4 is 22.7 Å². The zero-order valence-corrected chi connectivity index (χ0v) is 17.2. The number of allylic oxidation sites excluding steroid dienone is 2. The van der Waals surface area contributed by atoms with Gasteiger partial charge >= 0.3 is 11.9 Å². The average Bonchev–Trinajstić information content (AvgIpc) is 2.74. The van der Waals surface area contributed by atoms with Crippen LogP contribution in [0.25, 0.3) is 10.8 Å². The van der Waals surface area contributed by atoms with Crippen LogP contribution in [0.15, 0.2) is 72.3 Å². The maximum atomic E-state index is 12.8. The van der Waals surface area contributed by atoms with E-state index in [2.05, 4.69) is 6.08 Å². The van der Waals surface area contributed by atoms with Crippen LogP contribution in [-0.4, -0.2) is 11.9 Å². The molecule has 0 amide bonds. The van der Waals surface area contributed by atoms with E-state index in [-0.39, 0.29) is 11.9 Å². The van der Waals surface area contributed by atoms with Gasteiger partial charge in [0, 0.05) is 0 Å². The lowest BCUT2D eigenvalue weighted by Crippen LogP contribution is -2.22. The lowest BCUT2D eigenvalue weighted by Gasteiger charge is -2.20. The smallest absolute Gasteiger partial charge is 0.343 e. The second-order valence-electron chi connectivity index (χ2n) is 7.82. The van der Waals surface area contributed by atoms with Gasteiger partial charge in [0.05, 0.1) is 16.9 Å². The standard InChI is InChI=1S/C26H24O4/c1-17-12-14-20(15-13-17)25(27)29-22-10-4-7-19-8-5-11-23(24(19)22)30-26(28)21-9-3-6-18(2)16-21/h4-8,10-15,21H,3,9,16H2,1-2H3. The van der Waals surface area contributed by atoms with E-state index in [1.165, 1.54) is 5.57 Å². The van der Waals surface area contributed by atoms with Crippen molar-refractivity contribution in [2.24, 2.45) is 5.92 Å². The van der Waals surface area contributed by atoms with Crippen LogP contribution in [0.2, 0.25) is 0 Å². The first-order valence-corrected chi connectivity index (χ1v) is 10.2. The molecule has 0 spiro atoms. The molecular weight excluding hydrogens is 376 g/mol. The van der Waals surface area contributed by atoms with Crippen molar-refractivity contribution in [1.82, 2.24) is 0 Å². The van der Waals surface area contributed by atoms with Crippen LogP contribution in [0.5, 0.6) is 11.5 Å². The van der Waals surface area contributed by atoms with Gasteiger partial charge in [-0.15, -0.1) is 0 Å². The summed E-state index contributed by atoms with van der Waals surface area (Å²) >= 11 is 0. The number of esters is 2. The topological polar surface area (TPSA) is 52.6 Å². The number of carbonyl (C=O) groups is 2. The molecule has 0 heterocycles. The van der Waals surface area contributed by atoms with Crippen molar-refractivity contribution in [1.29, 1.82) is 0 Å². The third-order valence-electron chi connectivity index (χ3n) is 5.44. The van der Waals surface area contributed by atoms with Crippen LogP contribution in [0.4, 0.5) is 0 Å². The van der Waals surface area contributed by atoms with Gasteiger partial charge in [-0.25, -0.2) is 4.79 Å². The molecule has 0 saturated carbocycles. The maximum Gasteiger partial charge on any atom is 0.343 e. The minimum Gasteiger partial charge on any atom is -0.426 e.